The van der Waals surface area contributed by atoms with E-state index in [2.05, 4.69) is 9.88 Å². The number of fused-ring (bicyclic) bond motifs is 4. The van der Waals surface area contributed by atoms with Crippen LogP contribution in [-0.2, 0) is 16.0 Å². The molecule has 2 bridgehead atoms. The summed E-state index contributed by atoms with van der Waals surface area (Å²) in [6.07, 6.45) is 5.87. The van der Waals surface area contributed by atoms with Gasteiger partial charge in [0.25, 0.3) is 0 Å². The second-order valence-corrected chi connectivity index (χ2v) is 9.89. The van der Waals surface area contributed by atoms with Crippen molar-refractivity contribution in [1.29, 1.82) is 0 Å². The number of benzene rings is 1. The van der Waals surface area contributed by atoms with Crippen LogP contribution in [0.4, 0.5) is 4.79 Å². The molecule has 0 radical (unpaired) electrons. The average Bonchev–Trinajstić information content (AvgIpc) is 2.73. The lowest BCUT2D eigenvalue weighted by molar-refractivity contribution is -0.165. The third kappa shape index (κ3) is 4.56. The van der Waals surface area contributed by atoms with Gasteiger partial charge in [0.05, 0.1) is 30.4 Å². The molecule has 1 saturated carbocycles. The summed E-state index contributed by atoms with van der Waals surface area (Å²) in [5.74, 6) is 0.731. The zero-order valence-corrected chi connectivity index (χ0v) is 18.8. The molecule has 3 aliphatic rings. The number of nitrogens with zero attached hydrogens (tertiary/aromatic N) is 1. The highest BCUT2D eigenvalue weighted by Gasteiger charge is 2.50. The minimum absolute atomic E-state index is 0.0108. The smallest absolute Gasteiger partial charge is 0.408 e. The van der Waals surface area contributed by atoms with Gasteiger partial charge in [-0.2, -0.15) is 0 Å². The van der Waals surface area contributed by atoms with E-state index >= 15 is 0 Å². The van der Waals surface area contributed by atoms with Gasteiger partial charge in [-0.25, -0.2) is 4.79 Å². The van der Waals surface area contributed by atoms with Crippen LogP contribution in [0.2, 0.25) is 0 Å². The van der Waals surface area contributed by atoms with Gasteiger partial charge in [-0.3, -0.25) is 4.79 Å². The summed E-state index contributed by atoms with van der Waals surface area (Å²) >= 11 is 0. The van der Waals surface area contributed by atoms with E-state index in [0.29, 0.717) is 12.0 Å². The van der Waals surface area contributed by atoms with Crippen molar-refractivity contribution in [3.8, 4) is 5.75 Å². The molecule has 168 valence electrons. The summed E-state index contributed by atoms with van der Waals surface area (Å²) in [7, 11) is 1.63. The fraction of sp³-hybridized carbons (Fsp3) is 0.583. The Morgan fingerprint density at radius 3 is 2.55 bits per heavy atom. The summed E-state index contributed by atoms with van der Waals surface area (Å²) in [6, 6.07) is 7.16. The van der Waals surface area contributed by atoms with Gasteiger partial charge in [0, 0.05) is 30.3 Å². The molecule has 1 aromatic heterocycles. The molecule has 2 saturated heterocycles. The largest absolute Gasteiger partial charge is 0.497 e. The summed E-state index contributed by atoms with van der Waals surface area (Å²) in [5, 5.41) is 3.76. The predicted octanol–water partition coefficient (Wildman–Crippen LogP) is 4.01. The lowest BCUT2D eigenvalue weighted by Crippen LogP contribution is -2.63. The number of aromatic nitrogens is 1. The normalized spacial score (nSPS) is 25.4. The Bertz CT molecular complexity index is 1010. The van der Waals surface area contributed by atoms with Crippen molar-refractivity contribution < 1.29 is 19.0 Å². The summed E-state index contributed by atoms with van der Waals surface area (Å²) in [4.78, 5) is 24.5. The van der Waals surface area contributed by atoms with Gasteiger partial charge in [0.1, 0.15) is 11.4 Å². The highest BCUT2D eigenvalue weighted by Crippen LogP contribution is 2.45. The van der Waals surface area contributed by atoms with Crippen molar-refractivity contribution >= 4 is 17.0 Å². The maximum Gasteiger partial charge on any atom is 0.408 e. The van der Waals surface area contributed by atoms with Crippen molar-refractivity contribution in [1.82, 2.24) is 9.88 Å². The Hall–Kier alpha value is -2.54. The molecule has 3 heterocycles. The topological polar surface area (TPSA) is 78.8 Å². The summed E-state index contributed by atoms with van der Waals surface area (Å²) < 4.78 is 19.2. The Morgan fingerprint density at radius 2 is 1.94 bits per heavy atom. The second-order valence-electron chi connectivity index (χ2n) is 9.89. The number of hydrogen-bond donors (Lipinski definition) is 1. The average molecular weight is 429 g/mol. The van der Waals surface area contributed by atoms with Crippen LogP contribution < -0.4 is 15.5 Å². The number of ether oxygens (including phenoxy) is 3. The number of pyridine rings is 1. The van der Waals surface area contributed by atoms with Gasteiger partial charge in [0.2, 0.25) is 0 Å². The number of rotatable bonds is 5. The van der Waals surface area contributed by atoms with Gasteiger partial charge in [-0.1, -0.05) is 0 Å². The fourth-order valence-electron chi connectivity index (χ4n) is 4.70. The maximum absolute atomic E-state index is 12.3. The van der Waals surface area contributed by atoms with E-state index < -0.39 is 5.60 Å². The van der Waals surface area contributed by atoms with Crippen LogP contribution in [0.15, 0.2) is 35.3 Å². The number of carbonyl (C=O) groups excluding carboxylic acids is 1. The zero-order chi connectivity index (χ0) is 22.3. The van der Waals surface area contributed by atoms with Crippen molar-refractivity contribution in [2.24, 2.45) is 0 Å². The quantitative estimate of drug-likeness (QED) is 0.779. The third-order valence-corrected chi connectivity index (χ3v) is 6.53. The van der Waals surface area contributed by atoms with Crippen LogP contribution in [0.1, 0.15) is 52.9 Å². The van der Waals surface area contributed by atoms with E-state index in [1.54, 1.807) is 13.2 Å². The lowest BCUT2D eigenvalue weighted by Gasteiger charge is -2.53. The molecule has 0 atom stereocenters. The third-order valence-electron chi connectivity index (χ3n) is 6.53. The van der Waals surface area contributed by atoms with Gasteiger partial charge >= 0.3 is 6.09 Å². The van der Waals surface area contributed by atoms with Crippen molar-refractivity contribution in [3.63, 3.8) is 0 Å². The molecule has 7 heteroatoms. The predicted molar refractivity (Wildman–Crippen MR) is 119 cm³/mol. The molecule has 1 amide bonds. The van der Waals surface area contributed by atoms with E-state index in [1.165, 1.54) is 0 Å². The van der Waals surface area contributed by atoms with E-state index in [-0.39, 0.29) is 22.7 Å². The number of hydrogen-bond acceptors (Lipinski definition) is 5. The second kappa shape index (κ2) is 7.86. The van der Waals surface area contributed by atoms with Gasteiger partial charge in [0.15, 0.2) is 5.43 Å². The highest BCUT2D eigenvalue weighted by molar-refractivity contribution is 5.80. The Balaban J connectivity index is 1.43. The van der Waals surface area contributed by atoms with Gasteiger partial charge in [-0.05, 0) is 65.0 Å². The van der Waals surface area contributed by atoms with Crippen LogP contribution in [0.3, 0.4) is 0 Å². The molecule has 0 spiro atoms. The zero-order valence-electron chi connectivity index (χ0n) is 18.8. The first kappa shape index (κ1) is 21.7. The number of carbonyl (C=O) groups is 1. The molecule has 0 unspecified atom stereocenters. The SMILES string of the molecule is COc1ccc2c(=O)ccn(CCC34CCC(NC(=O)OC(C)(C)C)(CC3)CO4)c2c1. The Kier molecular flexibility index (Phi) is 5.50. The number of methoxy groups -OCH3 is 1. The molecule has 2 aromatic rings. The Labute approximate surface area is 182 Å². The molecule has 2 aliphatic heterocycles. The highest BCUT2D eigenvalue weighted by atomic mass is 16.6. The van der Waals surface area contributed by atoms with E-state index in [4.69, 9.17) is 14.2 Å². The van der Waals surface area contributed by atoms with E-state index in [9.17, 15) is 9.59 Å². The first-order chi connectivity index (χ1) is 14.6. The van der Waals surface area contributed by atoms with Crippen molar-refractivity contribution in [2.45, 2.75) is 76.2 Å². The molecule has 5 rings (SSSR count). The van der Waals surface area contributed by atoms with Crippen LogP contribution in [-0.4, -0.2) is 41.1 Å². The molecule has 3 fully saturated rings. The molecule has 31 heavy (non-hydrogen) atoms. The number of aryl methyl sites for hydroxylation is 1. The van der Waals surface area contributed by atoms with Crippen molar-refractivity contribution in [3.05, 3.63) is 40.7 Å². The maximum atomic E-state index is 12.3. The van der Waals surface area contributed by atoms with E-state index in [0.717, 1.165) is 49.9 Å². The Morgan fingerprint density at radius 1 is 1.19 bits per heavy atom. The molecule has 1 aliphatic carbocycles. The lowest BCUT2D eigenvalue weighted by atomic mass is 9.70. The van der Waals surface area contributed by atoms with Crippen molar-refractivity contribution in [2.75, 3.05) is 13.7 Å². The number of amides is 1. The number of nitrogens with one attached hydrogen (secondary N) is 1. The molecular formula is C24H32N2O5. The molecule has 1 aromatic carbocycles. The summed E-state index contributed by atoms with van der Waals surface area (Å²) in [6.45, 7) is 6.85. The van der Waals surface area contributed by atoms with Crippen LogP contribution in [0, 0.1) is 0 Å². The molecule has 7 nitrogen and oxygen atoms in total. The minimum Gasteiger partial charge on any atom is -0.497 e. The monoisotopic (exact) mass is 428 g/mol. The first-order valence-electron chi connectivity index (χ1n) is 11.0. The minimum atomic E-state index is -0.517. The van der Waals surface area contributed by atoms with Crippen LogP contribution in [0.5, 0.6) is 5.75 Å². The van der Waals surface area contributed by atoms with E-state index in [1.807, 2.05) is 45.2 Å². The van der Waals surface area contributed by atoms with Crippen LogP contribution in [0.25, 0.3) is 10.9 Å². The van der Waals surface area contributed by atoms with Crippen LogP contribution >= 0.6 is 0 Å². The molecular weight excluding hydrogens is 396 g/mol. The fourth-order valence-corrected chi connectivity index (χ4v) is 4.70. The summed E-state index contributed by atoms with van der Waals surface area (Å²) in [5.41, 5.74) is -0.156. The van der Waals surface area contributed by atoms with Gasteiger partial charge in [-0.15, -0.1) is 0 Å². The standard InChI is InChI=1S/C24H32N2O5/c1-22(2,3)31-21(28)25-23-8-10-24(11-9-23,30-16-23)12-14-26-13-7-20(27)18-6-5-17(29-4)15-19(18)26/h5-7,13,15H,8-12,14,16H2,1-4H3,(H,25,28). The first-order valence-corrected chi connectivity index (χ1v) is 11.0. The number of alkyl carbamates (subject to hydrolysis) is 1. The molecule has 1 N–H and O–H groups in total. The van der Waals surface area contributed by atoms with Gasteiger partial charge < -0.3 is 24.1 Å².